The molecule has 2 aromatic heterocycles. The minimum Gasteiger partial charge on any atom is -0.437 e. The van der Waals surface area contributed by atoms with E-state index in [0.717, 1.165) is 17.8 Å². The minimum atomic E-state index is -0.208. The van der Waals surface area contributed by atoms with Crippen molar-refractivity contribution in [2.24, 2.45) is 0 Å². The molecule has 2 rings (SSSR count). The van der Waals surface area contributed by atoms with Crippen LogP contribution in [0.5, 0.6) is 11.6 Å². The maximum atomic E-state index is 11.5. The maximum Gasteiger partial charge on any atom is 0.254 e. The van der Waals surface area contributed by atoms with E-state index in [1.807, 2.05) is 32.9 Å². The first-order valence-electron chi connectivity index (χ1n) is 6.37. The van der Waals surface area contributed by atoms with Gasteiger partial charge in [-0.15, -0.1) is 0 Å². The number of aromatic amines is 1. The average molecular weight is 259 g/mol. The first kappa shape index (κ1) is 13.3. The van der Waals surface area contributed by atoms with Gasteiger partial charge in [0.05, 0.1) is 11.8 Å². The van der Waals surface area contributed by atoms with Crippen LogP contribution in [-0.2, 0) is 12.8 Å². The third-order valence-electron chi connectivity index (χ3n) is 2.72. The molecule has 5 heteroatoms. The SMILES string of the molecule is CCc1nc(Oc2ccc(C)nc2CC)cc(=O)[nH]1. The Balaban J connectivity index is 2.35. The standard InChI is InChI=1S/C14H17N3O2/c1-4-10-11(7-6-9(3)15-10)19-14-8-13(18)16-12(5-2)17-14/h6-8H,4-5H2,1-3H3,(H,16,17,18). The van der Waals surface area contributed by atoms with E-state index in [0.29, 0.717) is 23.9 Å². The highest BCUT2D eigenvalue weighted by Gasteiger charge is 2.08. The molecule has 1 N–H and O–H groups in total. The predicted octanol–water partition coefficient (Wildman–Crippen LogP) is 2.39. The summed E-state index contributed by atoms with van der Waals surface area (Å²) in [5.74, 6) is 1.56. The summed E-state index contributed by atoms with van der Waals surface area (Å²) in [6.45, 7) is 5.87. The summed E-state index contributed by atoms with van der Waals surface area (Å²) in [5.41, 5.74) is 1.59. The Kier molecular flexibility index (Phi) is 3.94. The minimum absolute atomic E-state index is 0.208. The molecule has 0 radical (unpaired) electrons. The van der Waals surface area contributed by atoms with Crippen LogP contribution in [0.2, 0.25) is 0 Å². The van der Waals surface area contributed by atoms with E-state index >= 15 is 0 Å². The van der Waals surface area contributed by atoms with Crippen LogP contribution in [0, 0.1) is 6.92 Å². The lowest BCUT2D eigenvalue weighted by Crippen LogP contribution is -2.10. The number of hydrogen-bond acceptors (Lipinski definition) is 4. The zero-order valence-corrected chi connectivity index (χ0v) is 11.4. The molecular weight excluding hydrogens is 242 g/mol. The molecule has 0 amide bonds. The van der Waals surface area contributed by atoms with Crippen molar-refractivity contribution in [3.63, 3.8) is 0 Å². The molecule has 2 heterocycles. The quantitative estimate of drug-likeness (QED) is 0.915. The molecule has 0 spiro atoms. The summed E-state index contributed by atoms with van der Waals surface area (Å²) in [4.78, 5) is 22.8. The number of nitrogens with one attached hydrogen (secondary N) is 1. The average Bonchev–Trinajstić information content (AvgIpc) is 2.40. The second-order valence-electron chi connectivity index (χ2n) is 4.24. The van der Waals surface area contributed by atoms with E-state index in [4.69, 9.17) is 4.74 Å². The van der Waals surface area contributed by atoms with Gasteiger partial charge in [0.15, 0.2) is 5.75 Å². The second kappa shape index (κ2) is 5.65. The fraction of sp³-hybridized carbons (Fsp3) is 0.357. The van der Waals surface area contributed by atoms with Crippen LogP contribution in [0.25, 0.3) is 0 Å². The predicted molar refractivity (Wildman–Crippen MR) is 72.7 cm³/mol. The first-order chi connectivity index (χ1) is 9.12. The molecule has 2 aromatic rings. The van der Waals surface area contributed by atoms with Gasteiger partial charge in [-0.3, -0.25) is 9.78 Å². The third-order valence-corrected chi connectivity index (χ3v) is 2.72. The van der Waals surface area contributed by atoms with E-state index in [-0.39, 0.29) is 5.56 Å². The van der Waals surface area contributed by atoms with E-state index < -0.39 is 0 Å². The lowest BCUT2D eigenvalue weighted by Gasteiger charge is -2.09. The largest absolute Gasteiger partial charge is 0.437 e. The van der Waals surface area contributed by atoms with Gasteiger partial charge in [0.2, 0.25) is 5.88 Å². The van der Waals surface area contributed by atoms with Gasteiger partial charge in [-0.2, -0.15) is 4.98 Å². The summed E-state index contributed by atoms with van der Waals surface area (Å²) in [6, 6.07) is 5.08. The van der Waals surface area contributed by atoms with Gasteiger partial charge in [-0.1, -0.05) is 13.8 Å². The molecule has 19 heavy (non-hydrogen) atoms. The maximum absolute atomic E-state index is 11.5. The summed E-state index contributed by atoms with van der Waals surface area (Å²) < 4.78 is 5.69. The molecular formula is C14H17N3O2. The molecule has 0 bridgehead atoms. The molecule has 0 unspecified atom stereocenters. The molecule has 0 aromatic carbocycles. The van der Waals surface area contributed by atoms with Crippen LogP contribution in [-0.4, -0.2) is 15.0 Å². The molecule has 0 saturated carbocycles. The van der Waals surface area contributed by atoms with Gasteiger partial charge in [0.25, 0.3) is 5.56 Å². The lowest BCUT2D eigenvalue weighted by atomic mass is 10.2. The Morgan fingerprint density at radius 2 is 2.00 bits per heavy atom. The van der Waals surface area contributed by atoms with Crippen LogP contribution in [0.15, 0.2) is 23.0 Å². The van der Waals surface area contributed by atoms with E-state index in [9.17, 15) is 4.79 Å². The van der Waals surface area contributed by atoms with Crippen LogP contribution in [0.3, 0.4) is 0 Å². The molecule has 0 atom stereocenters. The van der Waals surface area contributed by atoms with Gasteiger partial charge in [-0.05, 0) is 25.5 Å². The number of nitrogens with zero attached hydrogens (tertiary/aromatic N) is 2. The highest BCUT2D eigenvalue weighted by Crippen LogP contribution is 2.22. The number of pyridine rings is 1. The van der Waals surface area contributed by atoms with Crippen LogP contribution >= 0.6 is 0 Å². The number of hydrogen-bond donors (Lipinski definition) is 1. The first-order valence-corrected chi connectivity index (χ1v) is 6.37. The summed E-state index contributed by atoms with van der Waals surface area (Å²) in [5, 5.41) is 0. The third kappa shape index (κ3) is 3.19. The number of aromatic nitrogens is 3. The molecule has 0 aliphatic rings. The lowest BCUT2D eigenvalue weighted by molar-refractivity contribution is 0.449. The van der Waals surface area contributed by atoms with E-state index in [2.05, 4.69) is 15.0 Å². The molecule has 0 saturated heterocycles. The zero-order valence-electron chi connectivity index (χ0n) is 11.4. The summed E-state index contributed by atoms with van der Waals surface area (Å²) in [6.07, 6.45) is 1.42. The number of H-pyrrole nitrogens is 1. The number of ether oxygens (including phenoxy) is 1. The van der Waals surface area contributed by atoms with Crippen LogP contribution in [0.4, 0.5) is 0 Å². The van der Waals surface area contributed by atoms with Crippen molar-refractivity contribution in [1.82, 2.24) is 15.0 Å². The van der Waals surface area contributed by atoms with E-state index in [1.54, 1.807) is 0 Å². The van der Waals surface area contributed by atoms with Crippen LogP contribution < -0.4 is 10.3 Å². The Morgan fingerprint density at radius 3 is 2.68 bits per heavy atom. The zero-order chi connectivity index (χ0) is 13.8. The van der Waals surface area contributed by atoms with Crippen molar-refractivity contribution >= 4 is 0 Å². The normalized spacial score (nSPS) is 10.5. The van der Waals surface area contributed by atoms with Gasteiger partial charge in [0.1, 0.15) is 5.82 Å². The Hall–Kier alpha value is -2.17. The monoisotopic (exact) mass is 259 g/mol. The fourth-order valence-corrected chi connectivity index (χ4v) is 1.76. The highest BCUT2D eigenvalue weighted by atomic mass is 16.5. The molecule has 100 valence electrons. The van der Waals surface area contributed by atoms with Crippen molar-refractivity contribution in [2.45, 2.75) is 33.6 Å². The summed E-state index contributed by atoms with van der Waals surface area (Å²) >= 11 is 0. The number of aryl methyl sites for hydroxylation is 3. The number of rotatable bonds is 4. The highest BCUT2D eigenvalue weighted by molar-refractivity contribution is 5.32. The Labute approximate surface area is 111 Å². The molecule has 0 aliphatic carbocycles. The van der Waals surface area contributed by atoms with Crippen molar-refractivity contribution in [3.05, 3.63) is 45.8 Å². The summed E-state index contributed by atoms with van der Waals surface area (Å²) in [7, 11) is 0. The van der Waals surface area contributed by atoms with E-state index in [1.165, 1.54) is 6.07 Å². The van der Waals surface area contributed by atoms with Gasteiger partial charge < -0.3 is 9.72 Å². The van der Waals surface area contributed by atoms with Gasteiger partial charge >= 0.3 is 0 Å². The van der Waals surface area contributed by atoms with Crippen molar-refractivity contribution in [1.29, 1.82) is 0 Å². The van der Waals surface area contributed by atoms with Crippen molar-refractivity contribution in [2.75, 3.05) is 0 Å². The van der Waals surface area contributed by atoms with Crippen molar-refractivity contribution < 1.29 is 4.74 Å². The van der Waals surface area contributed by atoms with Gasteiger partial charge in [-0.25, -0.2) is 0 Å². The topological polar surface area (TPSA) is 67.9 Å². The second-order valence-corrected chi connectivity index (χ2v) is 4.24. The Morgan fingerprint density at radius 1 is 1.21 bits per heavy atom. The van der Waals surface area contributed by atoms with Crippen LogP contribution in [0.1, 0.15) is 31.1 Å². The molecule has 5 nitrogen and oxygen atoms in total. The molecule has 0 aliphatic heterocycles. The smallest absolute Gasteiger partial charge is 0.254 e. The molecule has 0 fully saturated rings. The Bertz CT molecular complexity index is 635. The fourth-order valence-electron chi connectivity index (χ4n) is 1.76. The van der Waals surface area contributed by atoms with Gasteiger partial charge in [0, 0.05) is 12.1 Å². The van der Waals surface area contributed by atoms with Crippen molar-refractivity contribution in [3.8, 4) is 11.6 Å².